The summed E-state index contributed by atoms with van der Waals surface area (Å²) in [5.74, 6) is -0.478. The second kappa shape index (κ2) is 5.87. The van der Waals surface area contributed by atoms with Gasteiger partial charge in [-0.1, -0.05) is 12.1 Å². The Bertz CT molecular complexity index is 419. The molecule has 1 N–H and O–H groups in total. The fourth-order valence-corrected chi connectivity index (χ4v) is 2.42. The number of hydrogen-bond acceptors (Lipinski definition) is 3. The van der Waals surface area contributed by atoms with E-state index in [-0.39, 0.29) is 5.56 Å². The summed E-state index contributed by atoms with van der Waals surface area (Å²) in [7, 11) is 2.13. The summed E-state index contributed by atoms with van der Waals surface area (Å²) in [6, 6.07) is 7.35. The summed E-state index contributed by atoms with van der Waals surface area (Å²) in [5.41, 5.74) is 0.234. The second-order valence-corrected chi connectivity index (χ2v) is 4.72. The van der Waals surface area contributed by atoms with E-state index in [1.807, 2.05) is 0 Å². The van der Waals surface area contributed by atoms with Crippen molar-refractivity contribution in [3.63, 3.8) is 0 Å². The molecule has 98 valence electrons. The zero-order chi connectivity index (χ0) is 13.0. The zero-order valence-electron chi connectivity index (χ0n) is 10.6. The van der Waals surface area contributed by atoms with Gasteiger partial charge >= 0.3 is 5.97 Å². The van der Waals surface area contributed by atoms with E-state index in [2.05, 4.69) is 11.9 Å². The number of aromatic carboxylic acids is 1. The fraction of sp³-hybridized carbons (Fsp3) is 0.500. The highest BCUT2D eigenvalue weighted by Gasteiger charge is 2.20. The van der Waals surface area contributed by atoms with Crippen molar-refractivity contribution < 1.29 is 14.6 Å². The van der Waals surface area contributed by atoms with E-state index >= 15 is 0 Å². The molecule has 0 spiro atoms. The Balaban J connectivity index is 1.88. The maximum absolute atomic E-state index is 11.0. The number of para-hydroxylation sites is 1. The van der Waals surface area contributed by atoms with Gasteiger partial charge in [0.1, 0.15) is 11.3 Å². The van der Waals surface area contributed by atoms with Crippen LogP contribution in [0.1, 0.15) is 29.6 Å². The monoisotopic (exact) mass is 249 g/mol. The Labute approximate surface area is 107 Å². The smallest absolute Gasteiger partial charge is 0.339 e. The summed E-state index contributed by atoms with van der Waals surface area (Å²) < 4.78 is 5.60. The van der Waals surface area contributed by atoms with Crippen LogP contribution in [-0.4, -0.2) is 42.2 Å². The number of likely N-dealkylation sites (tertiary alicyclic amines) is 1. The summed E-state index contributed by atoms with van der Waals surface area (Å²) in [5, 5.41) is 9.03. The lowest BCUT2D eigenvalue weighted by molar-refractivity contribution is 0.0692. The van der Waals surface area contributed by atoms with Crippen molar-refractivity contribution in [3.05, 3.63) is 29.8 Å². The molecule has 2 rings (SSSR count). The van der Waals surface area contributed by atoms with E-state index in [4.69, 9.17) is 9.84 Å². The average Bonchev–Trinajstić information content (AvgIpc) is 2.76. The number of benzene rings is 1. The Morgan fingerprint density at radius 2 is 2.28 bits per heavy atom. The molecule has 0 aromatic heterocycles. The van der Waals surface area contributed by atoms with Crippen molar-refractivity contribution >= 4 is 5.97 Å². The predicted octanol–water partition coefficient (Wildman–Crippen LogP) is 2.25. The highest BCUT2D eigenvalue weighted by molar-refractivity contribution is 5.90. The predicted molar refractivity (Wildman–Crippen MR) is 69.2 cm³/mol. The van der Waals surface area contributed by atoms with Crippen molar-refractivity contribution in [2.75, 3.05) is 20.2 Å². The Hall–Kier alpha value is -1.55. The first-order valence-corrected chi connectivity index (χ1v) is 6.34. The molecule has 0 radical (unpaired) electrons. The van der Waals surface area contributed by atoms with Gasteiger partial charge in [-0.05, 0) is 45.0 Å². The van der Waals surface area contributed by atoms with E-state index in [1.165, 1.54) is 12.8 Å². The molecular formula is C14H19NO3. The van der Waals surface area contributed by atoms with Gasteiger partial charge in [0.25, 0.3) is 0 Å². The van der Waals surface area contributed by atoms with Crippen LogP contribution in [0.4, 0.5) is 0 Å². The minimum atomic E-state index is -0.941. The van der Waals surface area contributed by atoms with E-state index < -0.39 is 5.97 Å². The van der Waals surface area contributed by atoms with Crippen LogP contribution in [0, 0.1) is 0 Å². The maximum Gasteiger partial charge on any atom is 0.339 e. The lowest BCUT2D eigenvalue weighted by Crippen LogP contribution is -2.26. The molecule has 1 aliphatic heterocycles. The van der Waals surface area contributed by atoms with Crippen LogP contribution in [0.3, 0.4) is 0 Å². The third-order valence-corrected chi connectivity index (χ3v) is 3.50. The molecule has 0 saturated carbocycles. The number of nitrogens with zero attached hydrogens (tertiary/aromatic N) is 1. The highest BCUT2D eigenvalue weighted by atomic mass is 16.5. The molecule has 1 saturated heterocycles. The van der Waals surface area contributed by atoms with E-state index in [0.29, 0.717) is 18.4 Å². The molecular weight excluding hydrogens is 230 g/mol. The summed E-state index contributed by atoms with van der Waals surface area (Å²) in [4.78, 5) is 13.3. The van der Waals surface area contributed by atoms with Crippen LogP contribution < -0.4 is 4.74 Å². The molecule has 1 aliphatic rings. The minimum absolute atomic E-state index is 0.234. The molecule has 18 heavy (non-hydrogen) atoms. The van der Waals surface area contributed by atoms with Gasteiger partial charge in [0.05, 0.1) is 6.61 Å². The Morgan fingerprint density at radius 3 is 2.94 bits per heavy atom. The lowest BCUT2D eigenvalue weighted by atomic mass is 10.1. The number of ether oxygens (including phenoxy) is 1. The van der Waals surface area contributed by atoms with Crippen LogP contribution in [0.5, 0.6) is 5.75 Å². The van der Waals surface area contributed by atoms with Crippen molar-refractivity contribution in [1.82, 2.24) is 4.90 Å². The van der Waals surface area contributed by atoms with Crippen LogP contribution in [0.2, 0.25) is 0 Å². The largest absolute Gasteiger partial charge is 0.493 e. The molecule has 4 nitrogen and oxygen atoms in total. The van der Waals surface area contributed by atoms with Gasteiger partial charge in [-0.3, -0.25) is 0 Å². The molecule has 1 aromatic rings. The van der Waals surface area contributed by atoms with Crippen molar-refractivity contribution in [2.24, 2.45) is 0 Å². The Morgan fingerprint density at radius 1 is 1.50 bits per heavy atom. The molecule has 1 heterocycles. The number of carboxylic acid groups (broad SMARTS) is 1. The van der Waals surface area contributed by atoms with Gasteiger partial charge in [0, 0.05) is 6.04 Å². The number of carbonyl (C=O) groups is 1. The van der Waals surface area contributed by atoms with Gasteiger partial charge in [-0.2, -0.15) is 0 Å². The van der Waals surface area contributed by atoms with Crippen molar-refractivity contribution in [2.45, 2.75) is 25.3 Å². The van der Waals surface area contributed by atoms with Gasteiger partial charge in [-0.25, -0.2) is 4.79 Å². The summed E-state index contributed by atoms with van der Waals surface area (Å²) in [6.07, 6.45) is 3.40. The first kappa shape index (κ1) is 12.9. The molecule has 0 bridgehead atoms. The highest BCUT2D eigenvalue weighted by Crippen LogP contribution is 2.21. The number of carboxylic acids is 1. The third kappa shape index (κ3) is 3.01. The molecule has 1 atom stereocenters. The van der Waals surface area contributed by atoms with Crippen LogP contribution in [-0.2, 0) is 0 Å². The zero-order valence-corrected chi connectivity index (χ0v) is 10.6. The van der Waals surface area contributed by atoms with Gasteiger partial charge in [-0.15, -0.1) is 0 Å². The Kier molecular flexibility index (Phi) is 4.20. The molecule has 4 heteroatoms. The molecule has 1 unspecified atom stereocenters. The number of rotatable bonds is 5. The fourth-order valence-electron chi connectivity index (χ4n) is 2.42. The van der Waals surface area contributed by atoms with E-state index in [1.54, 1.807) is 24.3 Å². The average molecular weight is 249 g/mol. The standard InChI is InChI=1S/C14H19NO3/c1-15-9-4-5-11(15)8-10-18-13-7-3-2-6-12(13)14(16)17/h2-3,6-7,11H,4-5,8-10H2,1H3,(H,16,17). The first-order chi connectivity index (χ1) is 8.68. The van der Waals surface area contributed by atoms with Gasteiger partial charge < -0.3 is 14.7 Å². The molecule has 1 fully saturated rings. The molecule has 0 aliphatic carbocycles. The minimum Gasteiger partial charge on any atom is -0.493 e. The van der Waals surface area contributed by atoms with Crippen molar-refractivity contribution in [1.29, 1.82) is 0 Å². The SMILES string of the molecule is CN1CCCC1CCOc1ccccc1C(=O)O. The van der Waals surface area contributed by atoms with Crippen LogP contribution in [0.25, 0.3) is 0 Å². The lowest BCUT2D eigenvalue weighted by Gasteiger charge is -2.19. The quantitative estimate of drug-likeness (QED) is 0.869. The second-order valence-electron chi connectivity index (χ2n) is 4.72. The molecule has 0 amide bonds. The maximum atomic E-state index is 11.0. The first-order valence-electron chi connectivity index (χ1n) is 6.34. The molecule has 1 aromatic carbocycles. The van der Waals surface area contributed by atoms with Crippen molar-refractivity contribution in [3.8, 4) is 5.75 Å². The topological polar surface area (TPSA) is 49.8 Å². The van der Waals surface area contributed by atoms with Crippen LogP contribution in [0.15, 0.2) is 24.3 Å². The number of hydrogen-bond donors (Lipinski definition) is 1. The summed E-state index contributed by atoms with van der Waals surface area (Å²) in [6.45, 7) is 1.72. The van der Waals surface area contributed by atoms with Gasteiger partial charge in [0.2, 0.25) is 0 Å². The van der Waals surface area contributed by atoms with E-state index in [0.717, 1.165) is 13.0 Å². The normalized spacial score (nSPS) is 19.9. The van der Waals surface area contributed by atoms with E-state index in [9.17, 15) is 4.79 Å². The summed E-state index contributed by atoms with van der Waals surface area (Å²) >= 11 is 0. The van der Waals surface area contributed by atoms with Crippen LogP contribution >= 0.6 is 0 Å². The van der Waals surface area contributed by atoms with Gasteiger partial charge in [0.15, 0.2) is 0 Å². The third-order valence-electron chi connectivity index (χ3n) is 3.50.